The molecule has 0 heterocycles. The molecule has 1 unspecified atom stereocenters. The first-order valence-electron chi connectivity index (χ1n) is 11.3. The zero-order chi connectivity index (χ0) is 21.6. The van der Waals surface area contributed by atoms with Crippen LogP contribution in [0.25, 0.3) is 0 Å². The lowest BCUT2D eigenvalue weighted by Gasteiger charge is -2.22. The number of fused-ring (bicyclic) bond motifs is 1. The molecule has 0 aliphatic heterocycles. The summed E-state index contributed by atoms with van der Waals surface area (Å²) in [6.45, 7) is 4.24. The van der Waals surface area contributed by atoms with Crippen LogP contribution in [0.4, 0.5) is 0 Å². The first-order chi connectivity index (χ1) is 15.1. The predicted octanol–water partition coefficient (Wildman–Crippen LogP) is 7.05. The summed E-state index contributed by atoms with van der Waals surface area (Å²) in [6, 6.07) is 23.5. The molecule has 0 bridgehead atoms. The fourth-order valence-corrected chi connectivity index (χ4v) is 5.04. The number of hydrogen-bond donors (Lipinski definition) is 1. The molecule has 3 aromatic carbocycles. The minimum atomic E-state index is 0.00214. The summed E-state index contributed by atoms with van der Waals surface area (Å²) in [7, 11) is 0. The molecule has 2 nitrogen and oxygen atoms in total. The molecule has 4 rings (SSSR count). The molecule has 0 radical (unpaired) electrons. The first kappa shape index (κ1) is 21.7. The van der Waals surface area contributed by atoms with Crippen molar-refractivity contribution in [3.05, 3.63) is 100 Å². The van der Waals surface area contributed by atoms with Crippen molar-refractivity contribution in [1.29, 1.82) is 0 Å². The number of rotatable bonds is 7. The Kier molecular flexibility index (Phi) is 7.14. The fourth-order valence-electron chi connectivity index (χ4n) is 4.19. The van der Waals surface area contributed by atoms with E-state index in [9.17, 15) is 4.79 Å². The molecule has 1 N–H and O–H groups in total. The molecule has 0 fully saturated rings. The van der Waals surface area contributed by atoms with Crippen LogP contribution in [0.3, 0.4) is 0 Å². The molecular formula is C28H31NOS. The van der Waals surface area contributed by atoms with Crippen LogP contribution in [-0.2, 0) is 18.6 Å². The number of thioether (sulfide) groups is 1. The van der Waals surface area contributed by atoms with Crippen molar-refractivity contribution < 1.29 is 4.79 Å². The van der Waals surface area contributed by atoms with E-state index in [1.807, 2.05) is 23.9 Å². The van der Waals surface area contributed by atoms with Gasteiger partial charge in [0.15, 0.2) is 0 Å². The van der Waals surface area contributed by atoms with Crippen LogP contribution >= 0.6 is 11.8 Å². The highest BCUT2D eigenvalue weighted by Crippen LogP contribution is 2.27. The monoisotopic (exact) mass is 429 g/mol. The van der Waals surface area contributed by atoms with Crippen LogP contribution in [0.5, 0.6) is 0 Å². The van der Waals surface area contributed by atoms with E-state index in [0.29, 0.717) is 0 Å². The number of aryl methyl sites for hydroxylation is 3. The second-order valence-electron chi connectivity index (χ2n) is 8.47. The Morgan fingerprint density at radius 2 is 1.65 bits per heavy atom. The second kappa shape index (κ2) is 10.2. The van der Waals surface area contributed by atoms with Crippen LogP contribution in [0.1, 0.15) is 70.4 Å². The first-order valence-corrected chi connectivity index (χ1v) is 12.3. The molecule has 1 aliphatic carbocycles. The molecule has 0 saturated carbocycles. The summed E-state index contributed by atoms with van der Waals surface area (Å²) in [6.07, 6.45) is 5.80. The van der Waals surface area contributed by atoms with Crippen LogP contribution in [0.15, 0.2) is 71.6 Å². The van der Waals surface area contributed by atoms with E-state index in [1.165, 1.54) is 52.0 Å². The van der Waals surface area contributed by atoms with Crippen molar-refractivity contribution in [3.63, 3.8) is 0 Å². The quantitative estimate of drug-likeness (QED) is 0.408. The van der Waals surface area contributed by atoms with Gasteiger partial charge in [0.25, 0.3) is 5.91 Å². The van der Waals surface area contributed by atoms with Crippen molar-refractivity contribution in [3.8, 4) is 0 Å². The third-order valence-corrected chi connectivity index (χ3v) is 7.21. The van der Waals surface area contributed by atoms with Gasteiger partial charge in [0.05, 0.1) is 6.04 Å². The zero-order valence-corrected chi connectivity index (χ0v) is 19.3. The maximum Gasteiger partial charge on any atom is 0.251 e. The Morgan fingerprint density at radius 1 is 0.935 bits per heavy atom. The lowest BCUT2D eigenvalue weighted by Crippen LogP contribution is -2.28. The van der Waals surface area contributed by atoms with Gasteiger partial charge in [-0.25, -0.2) is 0 Å². The Morgan fingerprint density at radius 3 is 2.35 bits per heavy atom. The number of amides is 1. The topological polar surface area (TPSA) is 29.1 Å². The van der Waals surface area contributed by atoms with Gasteiger partial charge in [-0.1, -0.05) is 55.0 Å². The van der Waals surface area contributed by atoms with Crippen molar-refractivity contribution in [2.45, 2.75) is 62.6 Å². The van der Waals surface area contributed by atoms with Gasteiger partial charge >= 0.3 is 0 Å². The van der Waals surface area contributed by atoms with E-state index in [2.05, 4.69) is 73.8 Å². The Balaban J connectivity index is 1.37. The molecule has 0 saturated heterocycles. The average Bonchev–Trinajstić information content (AvgIpc) is 2.82. The molecular weight excluding hydrogens is 398 g/mol. The van der Waals surface area contributed by atoms with Crippen LogP contribution < -0.4 is 5.32 Å². The Hall–Kier alpha value is -2.52. The summed E-state index contributed by atoms with van der Waals surface area (Å²) in [4.78, 5) is 14.1. The van der Waals surface area contributed by atoms with Crippen molar-refractivity contribution in [2.75, 3.05) is 0 Å². The lowest BCUT2D eigenvalue weighted by atomic mass is 9.88. The molecule has 31 heavy (non-hydrogen) atoms. The molecule has 3 heteroatoms. The summed E-state index contributed by atoms with van der Waals surface area (Å²) < 4.78 is 0. The summed E-state index contributed by atoms with van der Waals surface area (Å²) >= 11 is 1.82. The second-order valence-corrected chi connectivity index (χ2v) is 9.52. The Bertz CT molecular complexity index is 1020. The number of hydrogen-bond acceptors (Lipinski definition) is 2. The number of carbonyl (C=O) groups excluding carboxylic acids is 1. The fraction of sp³-hybridized carbons (Fsp3) is 0.321. The summed E-state index contributed by atoms with van der Waals surface area (Å²) in [5, 5.41) is 3.24. The standard InChI is InChI=1S/C28H31NOS/c1-3-27(25-15-14-22-6-4-5-7-24(22)18-25)29-28(30)23-12-10-21(11-13-23)19-31-26-16-8-20(2)9-17-26/h8-18,27H,3-7,19H2,1-2H3,(H,29,30). The van der Waals surface area contributed by atoms with Gasteiger partial charge in [0.2, 0.25) is 0 Å². The van der Waals surface area contributed by atoms with E-state index in [0.717, 1.165) is 24.2 Å². The van der Waals surface area contributed by atoms with Gasteiger partial charge in [-0.2, -0.15) is 0 Å². The van der Waals surface area contributed by atoms with E-state index in [-0.39, 0.29) is 11.9 Å². The largest absolute Gasteiger partial charge is 0.345 e. The maximum atomic E-state index is 12.9. The zero-order valence-electron chi connectivity index (χ0n) is 18.5. The van der Waals surface area contributed by atoms with Gasteiger partial charge in [-0.05, 0) is 85.5 Å². The third kappa shape index (κ3) is 5.59. The van der Waals surface area contributed by atoms with Gasteiger partial charge in [0, 0.05) is 16.2 Å². The molecule has 1 atom stereocenters. The van der Waals surface area contributed by atoms with Crippen molar-refractivity contribution in [2.24, 2.45) is 0 Å². The number of benzene rings is 3. The number of nitrogens with one attached hydrogen (secondary N) is 1. The highest BCUT2D eigenvalue weighted by Gasteiger charge is 2.17. The smallest absolute Gasteiger partial charge is 0.251 e. The average molecular weight is 430 g/mol. The minimum absolute atomic E-state index is 0.00214. The molecule has 3 aromatic rings. The summed E-state index contributed by atoms with van der Waals surface area (Å²) in [5.41, 5.74) is 7.40. The SMILES string of the molecule is CCC(NC(=O)c1ccc(CSc2ccc(C)cc2)cc1)c1ccc2c(c1)CCCC2. The van der Waals surface area contributed by atoms with Gasteiger partial charge in [-0.3, -0.25) is 4.79 Å². The van der Waals surface area contributed by atoms with E-state index >= 15 is 0 Å². The van der Waals surface area contributed by atoms with E-state index in [4.69, 9.17) is 0 Å². The Labute approximate surface area is 190 Å². The molecule has 1 amide bonds. The van der Waals surface area contributed by atoms with Gasteiger partial charge in [-0.15, -0.1) is 11.8 Å². The highest BCUT2D eigenvalue weighted by atomic mass is 32.2. The van der Waals surface area contributed by atoms with E-state index in [1.54, 1.807) is 0 Å². The summed E-state index contributed by atoms with van der Waals surface area (Å²) in [5.74, 6) is 0.903. The van der Waals surface area contributed by atoms with E-state index < -0.39 is 0 Å². The third-order valence-electron chi connectivity index (χ3n) is 6.13. The molecule has 160 valence electrons. The van der Waals surface area contributed by atoms with Gasteiger partial charge in [0.1, 0.15) is 0 Å². The highest BCUT2D eigenvalue weighted by molar-refractivity contribution is 7.98. The molecule has 1 aliphatic rings. The molecule has 0 aromatic heterocycles. The predicted molar refractivity (Wildman–Crippen MR) is 131 cm³/mol. The van der Waals surface area contributed by atoms with Crippen LogP contribution in [0.2, 0.25) is 0 Å². The maximum absolute atomic E-state index is 12.9. The van der Waals surface area contributed by atoms with Crippen LogP contribution in [-0.4, -0.2) is 5.91 Å². The van der Waals surface area contributed by atoms with Crippen molar-refractivity contribution >= 4 is 17.7 Å². The van der Waals surface area contributed by atoms with Gasteiger partial charge < -0.3 is 5.32 Å². The lowest BCUT2D eigenvalue weighted by molar-refractivity contribution is 0.0935. The number of carbonyl (C=O) groups is 1. The van der Waals surface area contributed by atoms with Crippen LogP contribution in [0, 0.1) is 6.92 Å². The molecule has 0 spiro atoms. The minimum Gasteiger partial charge on any atom is -0.345 e. The van der Waals surface area contributed by atoms with Crippen molar-refractivity contribution in [1.82, 2.24) is 5.32 Å². The normalized spacial score (nSPS) is 14.0.